The Balaban J connectivity index is 1.46. The summed E-state index contributed by atoms with van der Waals surface area (Å²) < 4.78 is 43.8. The highest BCUT2D eigenvalue weighted by atomic mass is 19.4. The topological polar surface area (TPSA) is 43.6 Å². The average molecular weight is 675 g/mol. The molecular formula is C44H33F3N4. The smallest absolute Gasteiger partial charge is 0.308 e. The highest BCUT2D eigenvalue weighted by Gasteiger charge is 2.30. The molecule has 8 rings (SSSR count). The van der Waals surface area contributed by atoms with E-state index >= 15 is 0 Å². The molecule has 0 amide bonds. The van der Waals surface area contributed by atoms with Crippen molar-refractivity contribution in [3.05, 3.63) is 157 Å². The zero-order valence-electron chi connectivity index (χ0n) is 28.3. The first kappa shape index (κ1) is 32.1. The van der Waals surface area contributed by atoms with Crippen molar-refractivity contribution in [3.8, 4) is 51.0 Å². The van der Waals surface area contributed by atoms with E-state index in [2.05, 4.69) is 55.7 Å². The number of nitrogens with zero attached hydrogens (tertiary/aromatic N) is 4. The summed E-state index contributed by atoms with van der Waals surface area (Å²) in [6.07, 6.45) is -4.47. The molecule has 0 aliphatic carbocycles. The van der Waals surface area contributed by atoms with Gasteiger partial charge in [0.25, 0.3) is 0 Å². The van der Waals surface area contributed by atoms with Crippen molar-refractivity contribution < 1.29 is 13.2 Å². The van der Waals surface area contributed by atoms with E-state index in [1.165, 1.54) is 12.1 Å². The molecule has 0 N–H and O–H groups in total. The number of benzene rings is 6. The SMILES string of the molecule is CC(C)(C)c1ccc2c3ccccc3n(-c3cc(-c4cccc(C(F)(F)F)c4)ccc3-c3nc(-c4ccccc4)nc(-c4ccccc4)n3)c2c1. The largest absolute Gasteiger partial charge is 0.416 e. The van der Waals surface area contributed by atoms with Gasteiger partial charge in [0.05, 0.1) is 22.3 Å². The third-order valence-electron chi connectivity index (χ3n) is 9.24. The lowest BCUT2D eigenvalue weighted by atomic mass is 9.86. The van der Waals surface area contributed by atoms with E-state index < -0.39 is 11.7 Å². The van der Waals surface area contributed by atoms with Crippen LogP contribution in [0.15, 0.2) is 146 Å². The van der Waals surface area contributed by atoms with E-state index in [4.69, 9.17) is 15.0 Å². The van der Waals surface area contributed by atoms with Gasteiger partial charge in [-0.3, -0.25) is 0 Å². The van der Waals surface area contributed by atoms with Gasteiger partial charge in [0, 0.05) is 27.5 Å². The van der Waals surface area contributed by atoms with Crippen LogP contribution in [0.25, 0.3) is 72.8 Å². The van der Waals surface area contributed by atoms with Crippen LogP contribution in [0.5, 0.6) is 0 Å². The fourth-order valence-electron chi connectivity index (χ4n) is 6.59. The minimum absolute atomic E-state index is 0.123. The summed E-state index contributed by atoms with van der Waals surface area (Å²) >= 11 is 0. The van der Waals surface area contributed by atoms with Crippen molar-refractivity contribution in [3.63, 3.8) is 0 Å². The first-order valence-electron chi connectivity index (χ1n) is 16.8. The van der Waals surface area contributed by atoms with Crippen molar-refractivity contribution in [1.29, 1.82) is 0 Å². The molecule has 0 spiro atoms. The summed E-state index contributed by atoms with van der Waals surface area (Å²) in [5.41, 5.74) is 6.51. The zero-order valence-corrected chi connectivity index (χ0v) is 28.3. The van der Waals surface area contributed by atoms with Crippen LogP contribution in [0.4, 0.5) is 13.2 Å². The maximum absolute atomic E-state index is 13.9. The quantitative estimate of drug-likeness (QED) is 0.182. The highest BCUT2D eigenvalue weighted by Crippen LogP contribution is 2.40. The number of hydrogen-bond acceptors (Lipinski definition) is 3. The van der Waals surface area contributed by atoms with Gasteiger partial charge in [0.2, 0.25) is 0 Å². The van der Waals surface area contributed by atoms with Gasteiger partial charge in [-0.05, 0) is 58.5 Å². The Morgan fingerprint density at radius 3 is 1.67 bits per heavy atom. The molecule has 0 saturated carbocycles. The van der Waals surface area contributed by atoms with Gasteiger partial charge in [-0.1, -0.05) is 130 Å². The summed E-state index contributed by atoms with van der Waals surface area (Å²) in [5.74, 6) is 1.49. The first-order chi connectivity index (χ1) is 24.5. The third-order valence-corrected chi connectivity index (χ3v) is 9.24. The summed E-state index contributed by atoms with van der Waals surface area (Å²) in [6.45, 7) is 6.55. The molecule has 0 aliphatic heterocycles. The molecule has 6 aromatic carbocycles. The Kier molecular flexibility index (Phi) is 7.79. The lowest BCUT2D eigenvalue weighted by Gasteiger charge is -2.20. The predicted molar refractivity (Wildman–Crippen MR) is 200 cm³/mol. The number of para-hydroxylation sites is 1. The van der Waals surface area contributed by atoms with Crippen LogP contribution in [-0.4, -0.2) is 19.5 Å². The molecule has 0 bridgehead atoms. The van der Waals surface area contributed by atoms with Gasteiger partial charge in [-0.25, -0.2) is 15.0 Å². The van der Waals surface area contributed by atoms with Crippen LogP contribution < -0.4 is 0 Å². The molecule has 250 valence electrons. The number of aromatic nitrogens is 4. The van der Waals surface area contributed by atoms with Crippen molar-refractivity contribution in [2.75, 3.05) is 0 Å². The minimum atomic E-state index is -4.47. The second-order valence-electron chi connectivity index (χ2n) is 13.7. The molecule has 51 heavy (non-hydrogen) atoms. The number of rotatable bonds is 5. The number of alkyl halides is 3. The molecule has 2 heterocycles. The number of halogens is 3. The van der Waals surface area contributed by atoms with E-state index in [0.29, 0.717) is 34.2 Å². The second-order valence-corrected chi connectivity index (χ2v) is 13.7. The molecule has 0 atom stereocenters. The molecule has 4 nitrogen and oxygen atoms in total. The maximum Gasteiger partial charge on any atom is 0.416 e. The third kappa shape index (κ3) is 6.05. The van der Waals surface area contributed by atoms with Gasteiger partial charge < -0.3 is 4.57 Å². The van der Waals surface area contributed by atoms with Crippen LogP contribution in [0.2, 0.25) is 0 Å². The standard InChI is InChI=1S/C44H33F3N4/c1-43(2,3)32-22-24-35-34-19-10-11-20-37(34)51(39(35)27-32)38-26-31(30-17-12-18-33(25-30)44(45,46)47)21-23-36(38)42-49-40(28-13-6-4-7-14-28)48-41(50-42)29-15-8-5-9-16-29/h4-27H,1-3H3. The lowest BCUT2D eigenvalue weighted by molar-refractivity contribution is -0.137. The monoisotopic (exact) mass is 674 g/mol. The normalized spacial score (nSPS) is 12.1. The Morgan fingerprint density at radius 2 is 1.02 bits per heavy atom. The predicted octanol–water partition coefficient (Wildman–Crippen LogP) is 12.0. The second kappa shape index (κ2) is 12.4. The molecule has 2 aromatic heterocycles. The molecule has 0 aliphatic rings. The van der Waals surface area contributed by atoms with Crippen LogP contribution in [0.1, 0.15) is 31.9 Å². The van der Waals surface area contributed by atoms with Crippen LogP contribution >= 0.6 is 0 Å². The summed E-state index contributed by atoms with van der Waals surface area (Å²) in [7, 11) is 0. The van der Waals surface area contributed by atoms with E-state index in [0.717, 1.165) is 50.2 Å². The fraction of sp³-hybridized carbons (Fsp3) is 0.114. The van der Waals surface area contributed by atoms with Gasteiger partial charge in [0.1, 0.15) is 0 Å². The minimum Gasteiger partial charge on any atom is -0.308 e. The van der Waals surface area contributed by atoms with E-state index in [-0.39, 0.29) is 5.41 Å². The molecule has 8 aromatic rings. The van der Waals surface area contributed by atoms with Gasteiger partial charge >= 0.3 is 6.18 Å². The summed E-state index contributed by atoms with van der Waals surface area (Å²) in [4.78, 5) is 15.0. The van der Waals surface area contributed by atoms with Gasteiger partial charge in [-0.15, -0.1) is 0 Å². The van der Waals surface area contributed by atoms with Crippen molar-refractivity contribution in [2.45, 2.75) is 32.4 Å². The Bertz CT molecular complexity index is 2490. The Hall–Kier alpha value is -6.08. The first-order valence-corrected chi connectivity index (χ1v) is 16.8. The Labute approximate surface area is 293 Å². The van der Waals surface area contributed by atoms with Crippen molar-refractivity contribution in [1.82, 2.24) is 19.5 Å². The zero-order chi connectivity index (χ0) is 35.3. The van der Waals surface area contributed by atoms with Gasteiger partial charge in [-0.2, -0.15) is 13.2 Å². The molecule has 0 unspecified atom stereocenters. The molecule has 0 fully saturated rings. The molecular weight excluding hydrogens is 642 g/mol. The summed E-state index contributed by atoms with van der Waals surface area (Å²) in [5, 5.41) is 2.13. The van der Waals surface area contributed by atoms with Gasteiger partial charge in [0.15, 0.2) is 17.5 Å². The van der Waals surface area contributed by atoms with Crippen LogP contribution in [0.3, 0.4) is 0 Å². The van der Waals surface area contributed by atoms with E-state index in [9.17, 15) is 13.2 Å². The lowest BCUT2D eigenvalue weighted by Crippen LogP contribution is -2.11. The van der Waals surface area contributed by atoms with E-state index in [1.54, 1.807) is 6.07 Å². The van der Waals surface area contributed by atoms with E-state index in [1.807, 2.05) is 91.0 Å². The van der Waals surface area contributed by atoms with Crippen LogP contribution in [0, 0.1) is 0 Å². The maximum atomic E-state index is 13.9. The summed E-state index contributed by atoms with van der Waals surface area (Å²) in [6, 6.07) is 45.5. The van der Waals surface area contributed by atoms with Crippen molar-refractivity contribution in [2.24, 2.45) is 0 Å². The molecule has 0 radical (unpaired) electrons. The van der Waals surface area contributed by atoms with Crippen LogP contribution in [-0.2, 0) is 11.6 Å². The highest BCUT2D eigenvalue weighted by molar-refractivity contribution is 6.10. The fourth-order valence-corrected chi connectivity index (χ4v) is 6.59. The molecule has 0 saturated heterocycles. The Morgan fingerprint density at radius 1 is 0.451 bits per heavy atom. The number of hydrogen-bond donors (Lipinski definition) is 0. The molecule has 7 heteroatoms. The van der Waals surface area contributed by atoms with Crippen molar-refractivity contribution >= 4 is 21.8 Å². The average Bonchev–Trinajstić information content (AvgIpc) is 3.48. The number of fused-ring (bicyclic) bond motifs is 3.